The number of aromatic nitrogens is 2. The summed E-state index contributed by atoms with van der Waals surface area (Å²) < 4.78 is 2.73. The minimum atomic E-state index is -0.329. The molecule has 0 spiro atoms. The van der Waals surface area contributed by atoms with Gasteiger partial charge in [0.1, 0.15) is 11.9 Å². The van der Waals surface area contributed by atoms with Gasteiger partial charge in [-0.25, -0.2) is 14.6 Å². The Balaban J connectivity index is 0.00000341. The van der Waals surface area contributed by atoms with Crippen LogP contribution in [0.3, 0.4) is 0 Å². The summed E-state index contributed by atoms with van der Waals surface area (Å²) in [6.45, 7) is 10.0. The Kier molecular flexibility index (Phi) is 8.04. The molecule has 3 heterocycles. The largest absolute Gasteiger partial charge is 0.346 e. The molecule has 0 aliphatic carbocycles. The molecule has 176 valence electrons. The Hall–Kier alpha value is -2.20. The van der Waals surface area contributed by atoms with Crippen molar-refractivity contribution in [2.75, 3.05) is 56.2 Å². The summed E-state index contributed by atoms with van der Waals surface area (Å²) in [5.74, 6) is 0.646. The van der Waals surface area contributed by atoms with E-state index >= 15 is 0 Å². The fourth-order valence-electron chi connectivity index (χ4n) is 4.53. The van der Waals surface area contributed by atoms with E-state index in [2.05, 4.69) is 16.9 Å². The Morgan fingerprint density at radius 1 is 0.968 bits per heavy atom. The molecule has 3 rings (SSSR count). The number of amides is 2. The number of hydrogen-bond donors (Lipinski definition) is 0. The van der Waals surface area contributed by atoms with E-state index in [0.29, 0.717) is 50.8 Å². The number of anilines is 2. The fourth-order valence-corrected chi connectivity index (χ4v) is 4.53. The number of carbonyl (C=O) groups is 1. The van der Waals surface area contributed by atoms with Crippen LogP contribution in [0, 0.1) is 0 Å². The minimum absolute atomic E-state index is 0. The molecule has 0 N–H and O–H groups in total. The van der Waals surface area contributed by atoms with Crippen LogP contribution in [-0.4, -0.2) is 82.5 Å². The van der Waals surface area contributed by atoms with Crippen molar-refractivity contribution in [1.29, 1.82) is 0 Å². The Labute approximate surface area is 190 Å². The summed E-state index contributed by atoms with van der Waals surface area (Å²) in [5.41, 5.74) is -0.0427. The highest BCUT2D eigenvalue weighted by Crippen LogP contribution is 2.37. The second-order valence-corrected chi connectivity index (χ2v) is 8.00. The zero-order chi connectivity index (χ0) is 22.2. The van der Waals surface area contributed by atoms with Crippen LogP contribution in [-0.2, 0) is 14.1 Å². The number of hydrazine groups is 1. The van der Waals surface area contributed by atoms with Gasteiger partial charge in [-0.1, -0.05) is 13.3 Å². The molecule has 10 nitrogen and oxygen atoms in total. The standard InChI is InChI=1S/C20H35N7O3.ClH/c1-7-10-15-21(4)16-17(22(5)19(29)23(6)18(16)28)27(15)26-13-11-25(12-14-26)20(30)24(8-2)9-3;/h15H,7-14H2,1-6H3;1H. The van der Waals surface area contributed by atoms with Gasteiger partial charge in [-0.3, -0.25) is 18.9 Å². The zero-order valence-electron chi connectivity index (χ0n) is 19.5. The molecule has 0 saturated carbocycles. The summed E-state index contributed by atoms with van der Waals surface area (Å²) in [7, 11) is 5.16. The molecule has 0 bridgehead atoms. The molecule has 1 fully saturated rings. The van der Waals surface area contributed by atoms with E-state index in [1.54, 1.807) is 11.6 Å². The van der Waals surface area contributed by atoms with Gasteiger partial charge in [-0.05, 0) is 20.3 Å². The molecule has 2 aliphatic rings. The molecular weight excluding hydrogens is 422 g/mol. The lowest BCUT2D eigenvalue weighted by Gasteiger charge is -2.44. The predicted molar refractivity (Wildman–Crippen MR) is 125 cm³/mol. The Morgan fingerprint density at radius 3 is 2.06 bits per heavy atom. The van der Waals surface area contributed by atoms with Crippen molar-refractivity contribution >= 4 is 29.9 Å². The summed E-state index contributed by atoms with van der Waals surface area (Å²) in [6.07, 6.45) is 1.78. The molecule has 1 unspecified atom stereocenters. The third kappa shape index (κ3) is 4.15. The van der Waals surface area contributed by atoms with Crippen molar-refractivity contribution in [1.82, 2.24) is 23.9 Å². The van der Waals surface area contributed by atoms with Crippen LogP contribution in [0.4, 0.5) is 16.3 Å². The monoisotopic (exact) mass is 457 g/mol. The molecule has 11 heteroatoms. The van der Waals surface area contributed by atoms with E-state index in [4.69, 9.17) is 0 Å². The van der Waals surface area contributed by atoms with Crippen molar-refractivity contribution in [2.24, 2.45) is 14.1 Å². The first-order valence-electron chi connectivity index (χ1n) is 10.9. The highest BCUT2D eigenvalue weighted by atomic mass is 35.5. The van der Waals surface area contributed by atoms with Gasteiger partial charge in [0.15, 0.2) is 5.82 Å². The lowest BCUT2D eigenvalue weighted by molar-refractivity contribution is 0.103. The quantitative estimate of drug-likeness (QED) is 0.653. The van der Waals surface area contributed by atoms with E-state index in [0.717, 1.165) is 12.8 Å². The molecule has 1 aromatic heterocycles. The maximum Gasteiger partial charge on any atom is 0.332 e. The van der Waals surface area contributed by atoms with Crippen LogP contribution in [0.25, 0.3) is 0 Å². The maximum absolute atomic E-state index is 12.9. The number of carbonyl (C=O) groups excluding carboxylic acids is 1. The molecule has 1 saturated heterocycles. The van der Waals surface area contributed by atoms with Crippen LogP contribution >= 0.6 is 12.4 Å². The van der Waals surface area contributed by atoms with E-state index < -0.39 is 0 Å². The number of halogens is 1. The van der Waals surface area contributed by atoms with E-state index in [1.165, 1.54) is 11.6 Å². The van der Waals surface area contributed by atoms with E-state index in [-0.39, 0.29) is 35.9 Å². The smallest absolute Gasteiger partial charge is 0.332 e. The number of nitrogens with zero attached hydrogens (tertiary/aromatic N) is 7. The van der Waals surface area contributed by atoms with Crippen LogP contribution in [0.2, 0.25) is 0 Å². The SMILES string of the molecule is CCCC1N(C)c2c(n(C)c(=O)n(C)c2=O)N1N1CCN(C(=O)N(CC)CC)CC1.Cl. The first-order valence-corrected chi connectivity index (χ1v) is 10.9. The molecule has 1 aromatic rings. The molecular formula is C20H36ClN7O3. The van der Waals surface area contributed by atoms with E-state index in [9.17, 15) is 14.4 Å². The van der Waals surface area contributed by atoms with Gasteiger partial charge in [0.2, 0.25) is 0 Å². The van der Waals surface area contributed by atoms with E-state index in [1.807, 2.05) is 35.6 Å². The third-order valence-corrected chi connectivity index (χ3v) is 6.32. The Bertz CT molecular complexity index is 903. The van der Waals surface area contributed by atoms with Gasteiger partial charge in [-0.15, -0.1) is 12.4 Å². The van der Waals surface area contributed by atoms with Crippen molar-refractivity contribution in [3.63, 3.8) is 0 Å². The summed E-state index contributed by atoms with van der Waals surface area (Å²) in [4.78, 5) is 44.0. The van der Waals surface area contributed by atoms with Crippen molar-refractivity contribution in [2.45, 2.75) is 39.8 Å². The Morgan fingerprint density at radius 2 is 1.55 bits per heavy atom. The molecule has 2 amide bonds. The second-order valence-electron chi connectivity index (χ2n) is 8.00. The molecule has 0 radical (unpaired) electrons. The fraction of sp³-hybridized carbons (Fsp3) is 0.750. The number of hydrogen-bond acceptors (Lipinski definition) is 6. The van der Waals surface area contributed by atoms with Crippen LogP contribution in [0.15, 0.2) is 9.59 Å². The predicted octanol–water partition coefficient (Wildman–Crippen LogP) is 0.883. The zero-order valence-corrected chi connectivity index (χ0v) is 20.3. The average molecular weight is 458 g/mol. The molecule has 31 heavy (non-hydrogen) atoms. The number of piperazine rings is 1. The summed E-state index contributed by atoms with van der Waals surface area (Å²) >= 11 is 0. The highest BCUT2D eigenvalue weighted by Gasteiger charge is 2.42. The first kappa shape index (κ1) is 25.1. The molecule has 0 aromatic carbocycles. The molecule has 2 aliphatic heterocycles. The van der Waals surface area contributed by atoms with Crippen molar-refractivity contribution < 1.29 is 4.79 Å². The molecule has 1 atom stereocenters. The first-order chi connectivity index (χ1) is 14.3. The third-order valence-electron chi connectivity index (χ3n) is 6.32. The number of urea groups is 1. The van der Waals surface area contributed by atoms with Gasteiger partial charge < -0.3 is 14.7 Å². The van der Waals surface area contributed by atoms with Crippen LogP contribution in [0.1, 0.15) is 33.6 Å². The van der Waals surface area contributed by atoms with Crippen LogP contribution < -0.4 is 21.2 Å². The van der Waals surface area contributed by atoms with Gasteiger partial charge in [0, 0.05) is 60.4 Å². The van der Waals surface area contributed by atoms with Gasteiger partial charge >= 0.3 is 11.7 Å². The maximum atomic E-state index is 12.9. The normalized spacial score (nSPS) is 18.8. The second kappa shape index (κ2) is 9.95. The lowest BCUT2D eigenvalue weighted by Crippen LogP contribution is -2.60. The van der Waals surface area contributed by atoms with Gasteiger partial charge in [0.05, 0.1) is 0 Å². The van der Waals surface area contributed by atoms with Gasteiger partial charge in [0.25, 0.3) is 5.56 Å². The summed E-state index contributed by atoms with van der Waals surface area (Å²) in [6, 6.07) is 0.0740. The van der Waals surface area contributed by atoms with Gasteiger partial charge in [-0.2, -0.15) is 0 Å². The number of rotatable bonds is 5. The summed E-state index contributed by atoms with van der Waals surface area (Å²) in [5, 5.41) is 4.30. The lowest BCUT2D eigenvalue weighted by atomic mass is 10.2. The van der Waals surface area contributed by atoms with Crippen molar-refractivity contribution in [3.8, 4) is 0 Å². The van der Waals surface area contributed by atoms with Crippen LogP contribution in [0.5, 0.6) is 0 Å². The topological polar surface area (TPSA) is 77.3 Å². The average Bonchev–Trinajstić information content (AvgIpc) is 3.04. The minimum Gasteiger partial charge on any atom is -0.346 e. The highest BCUT2D eigenvalue weighted by molar-refractivity contribution is 5.85. The number of fused-ring (bicyclic) bond motifs is 1. The van der Waals surface area contributed by atoms with Crippen molar-refractivity contribution in [3.05, 3.63) is 20.8 Å².